The van der Waals surface area contributed by atoms with E-state index in [0.29, 0.717) is 6.61 Å². The zero-order chi connectivity index (χ0) is 12.5. The van der Waals surface area contributed by atoms with Gasteiger partial charge in [-0.05, 0) is 28.4 Å². The molecule has 0 unspecified atom stereocenters. The molecule has 0 N–H and O–H groups in total. The Kier molecular flexibility index (Phi) is 7.16. The van der Waals surface area contributed by atoms with Crippen molar-refractivity contribution in [1.82, 2.24) is 4.98 Å². The normalized spacial score (nSPS) is 10.5. The van der Waals surface area contributed by atoms with Crippen LogP contribution in [0.3, 0.4) is 0 Å². The summed E-state index contributed by atoms with van der Waals surface area (Å²) in [5, 5.41) is 0. The van der Waals surface area contributed by atoms with Crippen molar-refractivity contribution in [1.29, 1.82) is 0 Å². The average Bonchev–Trinajstić information content (AvgIpc) is 2.33. The number of methoxy groups -OCH3 is 2. The van der Waals surface area contributed by atoms with Crippen LogP contribution in [0.5, 0.6) is 0 Å². The molecule has 96 valence electrons. The Morgan fingerprint density at radius 1 is 1.18 bits per heavy atom. The fourth-order valence-electron chi connectivity index (χ4n) is 1.54. The molecule has 0 saturated heterocycles. The second-order valence-corrected chi connectivity index (χ2v) is 4.60. The minimum atomic E-state index is 0.708. The minimum absolute atomic E-state index is 0.708. The van der Waals surface area contributed by atoms with Gasteiger partial charge in [-0.3, -0.25) is 4.98 Å². The fourth-order valence-corrected chi connectivity index (χ4v) is 1.90. The molecule has 0 radical (unpaired) electrons. The van der Waals surface area contributed by atoms with E-state index in [4.69, 9.17) is 9.47 Å². The molecular weight excluding hydrogens is 284 g/mol. The Bertz CT molecular complexity index is 323. The summed E-state index contributed by atoms with van der Waals surface area (Å²) in [7, 11) is 3.44. The van der Waals surface area contributed by atoms with Crippen LogP contribution >= 0.6 is 15.9 Å². The number of hydrogen-bond acceptors (Lipinski definition) is 4. The second kappa shape index (κ2) is 8.44. The van der Waals surface area contributed by atoms with Crippen molar-refractivity contribution in [3.05, 3.63) is 22.9 Å². The van der Waals surface area contributed by atoms with Gasteiger partial charge >= 0.3 is 0 Å². The van der Waals surface area contributed by atoms with Crippen molar-refractivity contribution < 1.29 is 9.47 Å². The van der Waals surface area contributed by atoms with Crippen molar-refractivity contribution in [3.8, 4) is 0 Å². The number of nitrogens with zero attached hydrogens (tertiary/aromatic N) is 2. The summed E-state index contributed by atoms with van der Waals surface area (Å²) in [6, 6.07) is 2.06. The van der Waals surface area contributed by atoms with Gasteiger partial charge in [0.25, 0.3) is 0 Å². The largest absolute Gasteiger partial charge is 0.385 e. The highest BCUT2D eigenvalue weighted by molar-refractivity contribution is 9.10. The zero-order valence-electron chi connectivity index (χ0n) is 10.4. The van der Waals surface area contributed by atoms with Crippen LogP contribution in [-0.2, 0) is 9.47 Å². The molecule has 0 aliphatic rings. The maximum absolute atomic E-state index is 5.13. The Labute approximate surface area is 111 Å². The van der Waals surface area contributed by atoms with Gasteiger partial charge in [-0.2, -0.15) is 0 Å². The van der Waals surface area contributed by atoms with Gasteiger partial charge in [0.15, 0.2) is 0 Å². The highest BCUT2D eigenvalue weighted by atomic mass is 79.9. The van der Waals surface area contributed by atoms with E-state index in [1.54, 1.807) is 20.4 Å². The van der Waals surface area contributed by atoms with Crippen LogP contribution < -0.4 is 4.90 Å². The maximum atomic E-state index is 5.13. The van der Waals surface area contributed by atoms with Gasteiger partial charge in [-0.25, -0.2) is 0 Å². The molecule has 0 aliphatic heterocycles. The average molecular weight is 303 g/mol. The molecular formula is C12H19BrN2O2. The lowest BCUT2D eigenvalue weighted by Crippen LogP contribution is -2.29. The molecule has 1 aromatic heterocycles. The van der Waals surface area contributed by atoms with Gasteiger partial charge in [-0.1, -0.05) is 0 Å². The highest BCUT2D eigenvalue weighted by Gasteiger charge is 2.06. The summed E-state index contributed by atoms with van der Waals surface area (Å²) in [5.41, 5.74) is 1.10. The third kappa shape index (κ3) is 5.48. The van der Waals surface area contributed by atoms with Crippen LogP contribution in [0.2, 0.25) is 0 Å². The summed E-state index contributed by atoms with van der Waals surface area (Å²) in [6.45, 7) is 3.28. The van der Waals surface area contributed by atoms with E-state index in [2.05, 4.69) is 31.9 Å². The summed E-state index contributed by atoms with van der Waals surface area (Å²) < 4.78 is 11.2. The summed E-state index contributed by atoms with van der Waals surface area (Å²) in [4.78, 5) is 6.43. The van der Waals surface area contributed by atoms with Crippen LogP contribution in [0.25, 0.3) is 0 Å². The predicted octanol–water partition coefficient (Wildman–Crippen LogP) is 2.33. The van der Waals surface area contributed by atoms with E-state index in [0.717, 1.165) is 36.3 Å². The monoisotopic (exact) mass is 302 g/mol. The SMILES string of the molecule is COCCCN(CCOC)c1cncc(Br)c1. The van der Waals surface area contributed by atoms with E-state index in [-0.39, 0.29) is 0 Å². The Balaban J connectivity index is 2.60. The van der Waals surface area contributed by atoms with Crippen molar-refractivity contribution in [3.63, 3.8) is 0 Å². The lowest BCUT2D eigenvalue weighted by atomic mass is 10.3. The van der Waals surface area contributed by atoms with Gasteiger partial charge in [0.05, 0.1) is 18.5 Å². The quantitative estimate of drug-likeness (QED) is 0.690. The van der Waals surface area contributed by atoms with Gasteiger partial charge in [0, 0.05) is 44.6 Å². The van der Waals surface area contributed by atoms with E-state index in [1.807, 2.05) is 6.20 Å². The molecule has 4 nitrogen and oxygen atoms in total. The van der Waals surface area contributed by atoms with E-state index < -0.39 is 0 Å². The third-order valence-electron chi connectivity index (χ3n) is 2.40. The number of anilines is 1. The maximum Gasteiger partial charge on any atom is 0.0637 e. The molecule has 1 heterocycles. The zero-order valence-corrected chi connectivity index (χ0v) is 11.9. The predicted molar refractivity (Wildman–Crippen MR) is 72.5 cm³/mol. The number of rotatable bonds is 8. The highest BCUT2D eigenvalue weighted by Crippen LogP contribution is 2.18. The van der Waals surface area contributed by atoms with Crippen LogP contribution in [0.1, 0.15) is 6.42 Å². The summed E-state index contributed by atoms with van der Waals surface area (Å²) in [5.74, 6) is 0. The lowest BCUT2D eigenvalue weighted by molar-refractivity contribution is 0.191. The van der Waals surface area contributed by atoms with Crippen molar-refractivity contribution >= 4 is 21.6 Å². The van der Waals surface area contributed by atoms with Crippen molar-refractivity contribution in [2.45, 2.75) is 6.42 Å². The van der Waals surface area contributed by atoms with Crippen LogP contribution in [0.15, 0.2) is 22.9 Å². The van der Waals surface area contributed by atoms with Crippen molar-refractivity contribution in [2.75, 3.05) is 45.4 Å². The van der Waals surface area contributed by atoms with Gasteiger partial charge in [0.1, 0.15) is 0 Å². The smallest absolute Gasteiger partial charge is 0.0637 e. The first kappa shape index (κ1) is 14.4. The number of ether oxygens (including phenoxy) is 2. The molecule has 5 heteroatoms. The first-order valence-electron chi connectivity index (χ1n) is 5.61. The standard InChI is InChI=1S/C12H19BrN2O2/c1-16-6-3-4-15(5-7-17-2)12-8-11(13)9-14-10-12/h8-10H,3-7H2,1-2H3. The Morgan fingerprint density at radius 3 is 2.59 bits per heavy atom. The first-order chi connectivity index (χ1) is 8.27. The van der Waals surface area contributed by atoms with E-state index in [9.17, 15) is 0 Å². The molecule has 0 spiro atoms. The molecule has 0 amide bonds. The molecule has 0 saturated carbocycles. The van der Waals surface area contributed by atoms with Gasteiger partial charge in [0.2, 0.25) is 0 Å². The van der Waals surface area contributed by atoms with E-state index in [1.165, 1.54) is 0 Å². The number of halogens is 1. The molecule has 0 aromatic carbocycles. The molecule has 17 heavy (non-hydrogen) atoms. The van der Waals surface area contributed by atoms with Crippen LogP contribution in [0.4, 0.5) is 5.69 Å². The molecule has 0 atom stereocenters. The first-order valence-corrected chi connectivity index (χ1v) is 6.40. The fraction of sp³-hybridized carbons (Fsp3) is 0.583. The second-order valence-electron chi connectivity index (χ2n) is 3.69. The summed E-state index contributed by atoms with van der Waals surface area (Å²) in [6.07, 6.45) is 4.65. The Hall–Kier alpha value is -0.650. The molecule has 0 fully saturated rings. The molecule has 0 bridgehead atoms. The van der Waals surface area contributed by atoms with Crippen LogP contribution in [0, 0.1) is 0 Å². The van der Waals surface area contributed by atoms with Crippen molar-refractivity contribution in [2.24, 2.45) is 0 Å². The third-order valence-corrected chi connectivity index (χ3v) is 2.83. The Morgan fingerprint density at radius 2 is 1.94 bits per heavy atom. The lowest BCUT2D eigenvalue weighted by Gasteiger charge is -2.24. The molecule has 0 aliphatic carbocycles. The van der Waals surface area contributed by atoms with Gasteiger partial charge in [-0.15, -0.1) is 0 Å². The summed E-state index contributed by atoms with van der Waals surface area (Å²) >= 11 is 3.44. The molecule has 1 rings (SSSR count). The molecule has 1 aromatic rings. The topological polar surface area (TPSA) is 34.6 Å². The van der Waals surface area contributed by atoms with Crippen LogP contribution in [-0.4, -0.2) is 45.5 Å². The number of hydrogen-bond donors (Lipinski definition) is 0. The minimum Gasteiger partial charge on any atom is -0.385 e. The van der Waals surface area contributed by atoms with E-state index >= 15 is 0 Å². The number of aromatic nitrogens is 1. The number of pyridine rings is 1. The van der Waals surface area contributed by atoms with Gasteiger partial charge < -0.3 is 14.4 Å².